The summed E-state index contributed by atoms with van der Waals surface area (Å²) in [5.41, 5.74) is 2.59. The van der Waals surface area contributed by atoms with Gasteiger partial charge in [-0.3, -0.25) is 4.79 Å². The molecule has 1 atom stereocenters. The molecule has 2 aromatic rings. The minimum atomic E-state index is -0.751. The number of fused-ring (bicyclic) bond motifs is 1. The lowest BCUT2D eigenvalue weighted by atomic mass is 9.68. The van der Waals surface area contributed by atoms with E-state index in [-0.39, 0.29) is 0 Å². The summed E-state index contributed by atoms with van der Waals surface area (Å²) >= 11 is 6.22. The second kappa shape index (κ2) is 5.53. The van der Waals surface area contributed by atoms with Crippen LogP contribution in [0.2, 0.25) is 5.02 Å². The lowest BCUT2D eigenvalue weighted by Gasteiger charge is -2.35. The first-order valence-corrected chi connectivity index (χ1v) is 7.52. The van der Waals surface area contributed by atoms with Crippen LogP contribution in [0.25, 0.3) is 0 Å². The third-order valence-corrected chi connectivity index (χ3v) is 4.83. The van der Waals surface area contributed by atoms with Crippen molar-refractivity contribution in [3.63, 3.8) is 0 Å². The Morgan fingerprint density at radius 2 is 1.76 bits per heavy atom. The molecule has 1 aliphatic carbocycles. The Bertz CT molecular complexity index is 680. The normalized spacial score (nSPS) is 20.8. The van der Waals surface area contributed by atoms with Gasteiger partial charge < -0.3 is 5.11 Å². The van der Waals surface area contributed by atoms with Crippen molar-refractivity contribution in [2.75, 3.05) is 0 Å². The lowest BCUT2D eigenvalue weighted by Crippen LogP contribution is -2.39. The Morgan fingerprint density at radius 1 is 1.10 bits per heavy atom. The summed E-state index contributed by atoms with van der Waals surface area (Å²) in [6.45, 7) is 0. The third-order valence-electron chi connectivity index (χ3n) is 4.46. The van der Waals surface area contributed by atoms with Gasteiger partial charge in [0.15, 0.2) is 0 Å². The second-order valence-corrected chi connectivity index (χ2v) is 6.21. The molecule has 0 saturated heterocycles. The number of carbonyl (C=O) groups is 1. The molecular formula is C18H17ClO2. The molecule has 108 valence electrons. The first-order chi connectivity index (χ1) is 10.1. The van der Waals surface area contributed by atoms with E-state index in [0.29, 0.717) is 24.3 Å². The fourth-order valence-electron chi connectivity index (χ4n) is 3.22. The van der Waals surface area contributed by atoms with E-state index in [9.17, 15) is 9.90 Å². The van der Waals surface area contributed by atoms with E-state index < -0.39 is 11.4 Å². The number of carboxylic acids is 1. The summed E-state index contributed by atoms with van der Waals surface area (Å²) in [7, 11) is 0. The van der Waals surface area contributed by atoms with E-state index in [0.717, 1.165) is 17.5 Å². The Labute approximate surface area is 129 Å². The van der Waals surface area contributed by atoms with Crippen LogP contribution in [-0.2, 0) is 24.1 Å². The molecule has 0 aromatic heterocycles. The summed E-state index contributed by atoms with van der Waals surface area (Å²) in [4.78, 5) is 12.0. The number of hydrogen-bond donors (Lipinski definition) is 1. The van der Waals surface area contributed by atoms with Gasteiger partial charge in [0.1, 0.15) is 0 Å². The van der Waals surface area contributed by atoms with Gasteiger partial charge in [-0.05, 0) is 48.4 Å². The van der Waals surface area contributed by atoms with Crippen molar-refractivity contribution >= 4 is 17.6 Å². The SMILES string of the molecule is O=C(O)C1(Cc2ccccc2Cl)CCc2ccccc2C1. The van der Waals surface area contributed by atoms with Gasteiger partial charge in [-0.1, -0.05) is 54.1 Å². The summed E-state index contributed by atoms with van der Waals surface area (Å²) in [5.74, 6) is -0.725. The van der Waals surface area contributed by atoms with Gasteiger partial charge in [-0.15, -0.1) is 0 Å². The number of rotatable bonds is 3. The predicted octanol–water partition coefficient (Wildman–Crippen LogP) is 4.14. The highest BCUT2D eigenvalue weighted by molar-refractivity contribution is 6.31. The largest absolute Gasteiger partial charge is 0.481 e. The van der Waals surface area contributed by atoms with Crippen LogP contribution >= 0.6 is 11.6 Å². The van der Waals surface area contributed by atoms with Crippen LogP contribution in [0.15, 0.2) is 48.5 Å². The summed E-state index contributed by atoms with van der Waals surface area (Å²) in [5, 5.41) is 10.5. The molecule has 0 fully saturated rings. The van der Waals surface area contributed by atoms with Crippen LogP contribution in [0.4, 0.5) is 0 Å². The first-order valence-electron chi connectivity index (χ1n) is 7.14. The van der Waals surface area contributed by atoms with Crippen molar-refractivity contribution in [2.45, 2.75) is 25.7 Å². The Balaban J connectivity index is 1.96. The molecule has 0 spiro atoms. The maximum atomic E-state index is 12.0. The Kier molecular flexibility index (Phi) is 3.73. The predicted molar refractivity (Wildman–Crippen MR) is 83.7 cm³/mol. The van der Waals surface area contributed by atoms with E-state index in [2.05, 4.69) is 6.07 Å². The minimum Gasteiger partial charge on any atom is -0.481 e. The van der Waals surface area contributed by atoms with Crippen LogP contribution in [0.3, 0.4) is 0 Å². The highest BCUT2D eigenvalue weighted by Gasteiger charge is 2.41. The van der Waals surface area contributed by atoms with Crippen LogP contribution in [0.1, 0.15) is 23.1 Å². The Hall–Kier alpha value is -1.80. The van der Waals surface area contributed by atoms with Gasteiger partial charge in [-0.25, -0.2) is 0 Å². The molecule has 0 saturated carbocycles. The van der Waals surface area contributed by atoms with Crippen molar-refractivity contribution in [2.24, 2.45) is 5.41 Å². The number of aliphatic carboxylic acids is 1. The second-order valence-electron chi connectivity index (χ2n) is 5.80. The monoisotopic (exact) mass is 300 g/mol. The number of hydrogen-bond acceptors (Lipinski definition) is 1. The van der Waals surface area contributed by atoms with E-state index >= 15 is 0 Å². The molecule has 3 rings (SSSR count). The topological polar surface area (TPSA) is 37.3 Å². The molecule has 0 amide bonds. The molecule has 0 radical (unpaired) electrons. The molecule has 2 nitrogen and oxygen atoms in total. The van der Waals surface area contributed by atoms with Crippen LogP contribution in [0.5, 0.6) is 0 Å². The van der Waals surface area contributed by atoms with Gasteiger partial charge in [0.25, 0.3) is 0 Å². The number of benzene rings is 2. The van der Waals surface area contributed by atoms with Gasteiger partial charge in [0, 0.05) is 5.02 Å². The third kappa shape index (κ3) is 2.68. The van der Waals surface area contributed by atoms with Gasteiger partial charge >= 0.3 is 5.97 Å². The number of halogens is 1. The standard InChI is InChI=1S/C18H17ClO2/c19-16-8-4-3-7-15(16)12-18(17(20)21)10-9-13-5-1-2-6-14(13)11-18/h1-8H,9-12H2,(H,20,21). The molecule has 1 N–H and O–H groups in total. The van der Waals surface area contributed by atoms with Crippen molar-refractivity contribution in [3.8, 4) is 0 Å². The quantitative estimate of drug-likeness (QED) is 0.925. The fraction of sp³-hybridized carbons (Fsp3) is 0.278. The van der Waals surface area contributed by atoms with Gasteiger partial charge in [0.2, 0.25) is 0 Å². The van der Waals surface area contributed by atoms with Crippen LogP contribution < -0.4 is 0 Å². The van der Waals surface area contributed by atoms with E-state index in [4.69, 9.17) is 11.6 Å². The molecule has 21 heavy (non-hydrogen) atoms. The first kappa shape index (κ1) is 14.2. The zero-order valence-electron chi connectivity index (χ0n) is 11.7. The van der Waals surface area contributed by atoms with E-state index in [1.807, 2.05) is 42.5 Å². The van der Waals surface area contributed by atoms with Gasteiger partial charge in [-0.2, -0.15) is 0 Å². The van der Waals surface area contributed by atoms with Crippen molar-refractivity contribution < 1.29 is 9.90 Å². The lowest BCUT2D eigenvalue weighted by molar-refractivity contribution is -0.149. The zero-order valence-corrected chi connectivity index (χ0v) is 12.4. The minimum absolute atomic E-state index is 0.482. The summed E-state index contributed by atoms with van der Waals surface area (Å²) < 4.78 is 0. The summed E-state index contributed by atoms with van der Waals surface area (Å²) in [6, 6.07) is 15.7. The van der Waals surface area contributed by atoms with Crippen LogP contribution in [-0.4, -0.2) is 11.1 Å². The van der Waals surface area contributed by atoms with Crippen molar-refractivity contribution in [1.82, 2.24) is 0 Å². The highest BCUT2D eigenvalue weighted by atomic mass is 35.5. The molecule has 1 unspecified atom stereocenters. The fourth-order valence-corrected chi connectivity index (χ4v) is 3.42. The Morgan fingerprint density at radius 3 is 2.48 bits per heavy atom. The average Bonchev–Trinajstić information content (AvgIpc) is 2.49. The molecule has 1 aliphatic rings. The number of aryl methyl sites for hydroxylation is 1. The van der Waals surface area contributed by atoms with Crippen molar-refractivity contribution in [3.05, 3.63) is 70.2 Å². The molecule has 2 aromatic carbocycles. The molecule has 0 heterocycles. The molecule has 0 bridgehead atoms. The smallest absolute Gasteiger partial charge is 0.310 e. The van der Waals surface area contributed by atoms with Crippen molar-refractivity contribution in [1.29, 1.82) is 0 Å². The highest BCUT2D eigenvalue weighted by Crippen LogP contribution is 2.39. The van der Waals surface area contributed by atoms with E-state index in [1.165, 1.54) is 5.56 Å². The van der Waals surface area contributed by atoms with Crippen LogP contribution in [0, 0.1) is 5.41 Å². The maximum absolute atomic E-state index is 12.0. The average molecular weight is 301 g/mol. The zero-order chi connectivity index (χ0) is 14.9. The number of carboxylic acid groups (broad SMARTS) is 1. The molecule has 0 aliphatic heterocycles. The maximum Gasteiger partial charge on any atom is 0.310 e. The van der Waals surface area contributed by atoms with E-state index in [1.54, 1.807) is 0 Å². The summed E-state index contributed by atoms with van der Waals surface area (Å²) in [6.07, 6.45) is 2.53. The van der Waals surface area contributed by atoms with Gasteiger partial charge in [0.05, 0.1) is 5.41 Å². The molecule has 3 heteroatoms. The molecular weight excluding hydrogens is 284 g/mol.